The highest BCUT2D eigenvalue weighted by Gasteiger charge is 2.25. The zero-order chi connectivity index (χ0) is 12.6. The largest absolute Gasteiger partial charge is 0.370 e. The molecule has 0 aromatic carbocycles. The maximum atomic E-state index is 5.83. The van der Waals surface area contributed by atoms with Crippen molar-refractivity contribution in [2.45, 2.75) is 46.5 Å². The van der Waals surface area contributed by atoms with E-state index in [-0.39, 0.29) is 17.8 Å². The van der Waals surface area contributed by atoms with Crippen LogP contribution >= 0.6 is 0 Å². The molecule has 0 aliphatic heterocycles. The summed E-state index contributed by atoms with van der Waals surface area (Å²) >= 11 is 0. The van der Waals surface area contributed by atoms with Crippen LogP contribution in [0.3, 0.4) is 0 Å². The Morgan fingerprint density at radius 1 is 1.19 bits per heavy atom. The zero-order valence-corrected chi connectivity index (χ0v) is 11.3. The fourth-order valence-electron chi connectivity index (χ4n) is 1.21. The number of rotatable bonds is 9. The van der Waals surface area contributed by atoms with E-state index in [9.17, 15) is 0 Å². The van der Waals surface area contributed by atoms with Crippen LogP contribution in [0.2, 0.25) is 0 Å². The lowest BCUT2D eigenvalue weighted by Crippen LogP contribution is -2.36. The number of hydrogen-bond donors (Lipinski definition) is 0. The van der Waals surface area contributed by atoms with Crippen molar-refractivity contribution in [2.24, 2.45) is 5.92 Å². The number of ether oxygens (including phenoxy) is 3. The van der Waals surface area contributed by atoms with E-state index in [1.807, 2.05) is 33.8 Å². The van der Waals surface area contributed by atoms with Gasteiger partial charge in [-0.1, -0.05) is 13.0 Å². The lowest BCUT2D eigenvalue weighted by molar-refractivity contribution is -0.192. The van der Waals surface area contributed by atoms with Gasteiger partial charge in [-0.25, -0.2) is 0 Å². The normalized spacial score (nSPS) is 14.1. The molecule has 0 saturated heterocycles. The van der Waals surface area contributed by atoms with Gasteiger partial charge in [-0.15, -0.1) is 6.58 Å². The third-order valence-electron chi connectivity index (χ3n) is 2.75. The molecule has 0 rings (SSSR count). The molecule has 0 aromatic rings. The summed E-state index contributed by atoms with van der Waals surface area (Å²) in [7, 11) is 0. The van der Waals surface area contributed by atoms with Gasteiger partial charge in [0, 0.05) is 19.1 Å². The first kappa shape index (κ1) is 15.6. The maximum absolute atomic E-state index is 5.83. The molecule has 96 valence electrons. The molecule has 3 heteroatoms. The second-order valence-electron chi connectivity index (χ2n) is 4.28. The van der Waals surface area contributed by atoms with Crippen LogP contribution < -0.4 is 0 Å². The van der Waals surface area contributed by atoms with Crippen molar-refractivity contribution in [3.8, 4) is 0 Å². The van der Waals surface area contributed by atoms with Gasteiger partial charge in [0.2, 0.25) is 0 Å². The van der Waals surface area contributed by atoms with Gasteiger partial charge in [0.15, 0.2) is 6.29 Å². The van der Waals surface area contributed by atoms with Gasteiger partial charge >= 0.3 is 0 Å². The van der Waals surface area contributed by atoms with Crippen LogP contribution in [0.15, 0.2) is 12.7 Å². The molecule has 0 aliphatic rings. The van der Waals surface area contributed by atoms with Crippen molar-refractivity contribution < 1.29 is 14.2 Å². The van der Waals surface area contributed by atoms with Gasteiger partial charge in [-0.05, 0) is 27.7 Å². The Labute approximate surface area is 99.8 Å². The van der Waals surface area contributed by atoms with Crippen LogP contribution in [-0.2, 0) is 14.2 Å². The molecule has 0 bridgehead atoms. The molecule has 1 atom stereocenters. The molecule has 0 N–H and O–H groups in total. The molecule has 16 heavy (non-hydrogen) atoms. The predicted octanol–water partition coefficient (Wildman–Crippen LogP) is 3.00. The van der Waals surface area contributed by atoms with Crippen LogP contribution in [0.4, 0.5) is 0 Å². The van der Waals surface area contributed by atoms with Crippen LogP contribution in [0.5, 0.6) is 0 Å². The number of hydrogen-bond acceptors (Lipinski definition) is 3. The summed E-state index contributed by atoms with van der Waals surface area (Å²) in [6, 6.07) is 0. The van der Waals surface area contributed by atoms with E-state index in [4.69, 9.17) is 14.2 Å². The smallest absolute Gasteiger partial charge is 0.180 e. The molecule has 0 amide bonds. The zero-order valence-electron chi connectivity index (χ0n) is 11.3. The van der Waals surface area contributed by atoms with Crippen LogP contribution in [0, 0.1) is 5.92 Å². The second kappa shape index (κ2) is 7.82. The topological polar surface area (TPSA) is 27.7 Å². The Morgan fingerprint density at radius 3 is 2.06 bits per heavy atom. The standard InChI is InChI=1S/C13H26O3/c1-7-11(4)13(5,6)16-10-12(14-8-2)15-9-3/h7,11-12H,1,8-10H2,2-6H3. The summed E-state index contributed by atoms with van der Waals surface area (Å²) in [5.74, 6) is 0.288. The van der Waals surface area contributed by atoms with E-state index in [0.717, 1.165) is 0 Å². The average Bonchev–Trinajstić information content (AvgIpc) is 2.25. The van der Waals surface area contributed by atoms with Crippen molar-refractivity contribution in [1.29, 1.82) is 0 Å². The molecule has 0 spiro atoms. The summed E-state index contributed by atoms with van der Waals surface area (Å²) in [5, 5.41) is 0. The first-order valence-electron chi connectivity index (χ1n) is 5.97. The highest BCUT2D eigenvalue weighted by atomic mass is 16.7. The highest BCUT2D eigenvalue weighted by molar-refractivity contribution is 4.88. The quantitative estimate of drug-likeness (QED) is 0.450. The van der Waals surface area contributed by atoms with Crippen molar-refractivity contribution in [3.63, 3.8) is 0 Å². The average molecular weight is 230 g/mol. The Hall–Kier alpha value is -0.380. The molecule has 3 nitrogen and oxygen atoms in total. The van der Waals surface area contributed by atoms with Gasteiger partial charge in [0.25, 0.3) is 0 Å². The molecule has 1 unspecified atom stereocenters. The molecule has 0 saturated carbocycles. The molecular formula is C13H26O3. The van der Waals surface area contributed by atoms with Crippen molar-refractivity contribution in [1.82, 2.24) is 0 Å². The van der Waals surface area contributed by atoms with Crippen molar-refractivity contribution in [2.75, 3.05) is 19.8 Å². The molecule has 0 radical (unpaired) electrons. The Bertz CT molecular complexity index is 184. The second-order valence-corrected chi connectivity index (χ2v) is 4.28. The van der Waals surface area contributed by atoms with E-state index < -0.39 is 0 Å². The summed E-state index contributed by atoms with van der Waals surface area (Å²) in [6.07, 6.45) is 1.63. The van der Waals surface area contributed by atoms with Crippen LogP contribution in [0.1, 0.15) is 34.6 Å². The predicted molar refractivity (Wildman–Crippen MR) is 66.4 cm³/mol. The van der Waals surface area contributed by atoms with Gasteiger partial charge in [0.05, 0.1) is 12.2 Å². The maximum Gasteiger partial charge on any atom is 0.180 e. The first-order chi connectivity index (χ1) is 7.47. The SMILES string of the molecule is C=CC(C)C(C)(C)OCC(OCC)OCC. The van der Waals surface area contributed by atoms with E-state index in [0.29, 0.717) is 19.8 Å². The lowest BCUT2D eigenvalue weighted by atomic mass is 9.93. The van der Waals surface area contributed by atoms with E-state index in [1.54, 1.807) is 0 Å². The Kier molecular flexibility index (Phi) is 7.64. The highest BCUT2D eigenvalue weighted by Crippen LogP contribution is 2.22. The molecule has 0 heterocycles. The summed E-state index contributed by atoms with van der Waals surface area (Å²) in [5.41, 5.74) is -0.242. The third-order valence-corrected chi connectivity index (χ3v) is 2.75. The molecule has 0 fully saturated rings. The van der Waals surface area contributed by atoms with Crippen LogP contribution in [0.25, 0.3) is 0 Å². The fourth-order valence-corrected chi connectivity index (χ4v) is 1.21. The van der Waals surface area contributed by atoms with Gasteiger partial charge in [0.1, 0.15) is 0 Å². The van der Waals surface area contributed by atoms with Gasteiger partial charge < -0.3 is 14.2 Å². The van der Waals surface area contributed by atoms with E-state index in [2.05, 4.69) is 13.5 Å². The monoisotopic (exact) mass is 230 g/mol. The van der Waals surface area contributed by atoms with E-state index in [1.165, 1.54) is 0 Å². The van der Waals surface area contributed by atoms with E-state index >= 15 is 0 Å². The summed E-state index contributed by atoms with van der Waals surface area (Å²) in [4.78, 5) is 0. The summed E-state index contributed by atoms with van der Waals surface area (Å²) < 4.78 is 16.7. The molecular weight excluding hydrogens is 204 g/mol. The lowest BCUT2D eigenvalue weighted by Gasteiger charge is -2.31. The first-order valence-corrected chi connectivity index (χ1v) is 5.97. The molecule has 0 aliphatic carbocycles. The third kappa shape index (κ3) is 5.64. The van der Waals surface area contributed by atoms with Gasteiger partial charge in [-0.3, -0.25) is 0 Å². The van der Waals surface area contributed by atoms with Crippen LogP contribution in [-0.4, -0.2) is 31.7 Å². The van der Waals surface area contributed by atoms with Crippen molar-refractivity contribution >= 4 is 0 Å². The molecule has 0 aromatic heterocycles. The minimum absolute atomic E-state index is 0.242. The Morgan fingerprint density at radius 2 is 1.69 bits per heavy atom. The summed E-state index contributed by atoms with van der Waals surface area (Å²) in [6.45, 7) is 15.6. The minimum Gasteiger partial charge on any atom is -0.370 e. The Balaban J connectivity index is 4.11. The minimum atomic E-state index is -0.272. The van der Waals surface area contributed by atoms with Crippen molar-refractivity contribution in [3.05, 3.63) is 12.7 Å². The van der Waals surface area contributed by atoms with Gasteiger partial charge in [-0.2, -0.15) is 0 Å². The fraction of sp³-hybridized carbons (Fsp3) is 0.846.